The predicted molar refractivity (Wildman–Crippen MR) is 95.2 cm³/mol. The van der Waals surface area contributed by atoms with E-state index in [0.29, 0.717) is 25.6 Å². The minimum atomic E-state index is -0.619. The fourth-order valence-electron chi connectivity index (χ4n) is 1.91. The molecular formula is C16H10ClF2N3OS2. The summed E-state index contributed by atoms with van der Waals surface area (Å²) in [5.41, 5.74) is 0.699. The minimum absolute atomic E-state index is 0.277. The van der Waals surface area contributed by atoms with E-state index in [1.807, 2.05) is 0 Å². The number of rotatable bonds is 5. The quantitative estimate of drug-likeness (QED) is 0.485. The largest absolute Gasteiger partial charge is 0.296 e. The number of anilines is 1. The molecule has 0 spiro atoms. The zero-order valence-corrected chi connectivity index (χ0v) is 14.9. The number of hydrogen-bond acceptors (Lipinski definition) is 5. The summed E-state index contributed by atoms with van der Waals surface area (Å²) >= 11 is 8.38. The van der Waals surface area contributed by atoms with Crippen molar-refractivity contribution in [2.45, 2.75) is 10.1 Å². The highest BCUT2D eigenvalue weighted by Crippen LogP contribution is 2.29. The molecule has 0 aliphatic carbocycles. The van der Waals surface area contributed by atoms with Gasteiger partial charge in [0.2, 0.25) is 5.13 Å². The standard InChI is InChI=1S/C16H10ClF2N3OS2/c17-12-4-2-1-3-11(12)14(23)20-15-21-22-16(25-15)24-8-9-5-6-10(18)7-13(9)19/h1-7H,8H2,(H,20,21,23). The van der Waals surface area contributed by atoms with Crippen LogP contribution in [0.5, 0.6) is 0 Å². The summed E-state index contributed by atoms with van der Waals surface area (Å²) in [6.07, 6.45) is 0. The number of aromatic nitrogens is 2. The maximum absolute atomic E-state index is 13.6. The van der Waals surface area contributed by atoms with Gasteiger partial charge in [0.15, 0.2) is 4.34 Å². The summed E-state index contributed by atoms with van der Waals surface area (Å²) in [7, 11) is 0. The van der Waals surface area contributed by atoms with Crippen LogP contribution in [0.2, 0.25) is 5.02 Å². The van der Waals surface area contributed by atoms with Gasteiger partial charge in [-0.05, 0) is 23.8 Å². The molecule has 0 fully saturated rings. The SMILES string of the molecule is O=C(Nc1nnc(SCc2ccc(F)cc2F)s1)c1ccccc1Cl. The van der Waals surface area contributed by atoms with Crippen molar-refractivity contribution in [2.24, 2.45) is 0 Å². The Balaban J connectivity index is 1.62. The average Bonchev–Trinajstić information content (AvgIpc) is 3.02. The summed E-state index contributed by atoms with van der Waals surface area (Å²) in [5.74, 6) is -1.34. The molecule has 1 aromatic heterocycles. The smallest absolute Gasteiger partial charge is 0.259 e. The molecule has 3 aromatic rings. The number of amides is 1. The average molecular weight is 398 g/mol. The zero-order chi connectivity index (χ0) is 17.8. The van der Waals surface area contributed by atoms with Gasteiger partial charge in [-0.25, -0.2) is 8.78 Å². The Labute approximate surface area is 155 Å². The van der Waals surface area contributed by atoms with Crippen LogP contribution in [0.15, 0.2) is 46.8 Å². The molecule has 0 saturated carbocycles. The monoisotopic (exact) mass is 397 g/mol. The van der Waals surface area contributed by atoms with Crippen molar-refractivity contribution in [2.75, 3.05) is 5.32 Å². The minimum Gasteiger partial charge on any atom is -0.296 e. The van der Waals surface area contributed by atoms with Gasteiger partial charge < -0.3 is 0 Å². The first kappa shape index (κ1) is 17.8. The summed E-state index contributed by atoms with van der Waals surface area (Å²) < 4.78 is 27.0. The lowest BCUT2D eigenvalue weighted by atomic mass is 10.2. The summed E-state index contributed by atoms with van der Waals surface area (Å²) in [6.45, 7) is 0. The fraction of sp³-hybridized carbons (Fsp3) is 0.0625. The van der Waals surface area contributed by atoms with Crippen LogP contribution < -0.4 is 5.32 Å². The molecule has 9 heteroatoms. The van der Waals surface area contributed by atoms with Gasteiger partial charge in [0, 0.05) is 11.8 Å². The Bertz CT molecular complexity index is 920. The van der Waals surface area contributed by atoms with Crippen molar-refractivity contribution in [3.63, 3.8) is 0 Å². The van der Waals surface area contributed by atoms with Crippen molar-refractivity contribution in [3.05, 3.63) is 70.2 Å². The number of carbonyl (C=O) groups is 1. The zero-order valence-electron chi connectivity index (χ0n) is 12.5. The molecule has 1 heterocycles. The molecule has 0 atom stereocenters. The van der Waals surface area contributed by atoms with Gasteiger partial charge in [-0.2, -0.15) is 0 Å². The summed E-state index contributed by atoms with van der Waals surface area (Å²) in [5, 5.41) is 11.1. The first-order chi connectivity index (χ1) is 12.0. The molecule has 0 unspecified atom stereocenters. The number of halogens is 3. The van der Waals surface area contributed by atoms with E-state index in [9.17, 15) is 13.6 Å². The Kier molecular flexibility index (Phi) is 5.62. The number of nitrogens with one attached hydrogen (secondary N) is 1. The van der Waals surface area contributed by atoms with Gasteiger partial charge in [0.1, 0.15) is 11.6 Å². The van der Waals surface area contributed by atoms with Crippen molar-refractivity contribution >= 4 is 45.7 Å². The van der Waals surface area contributed by atoms with Gasteiger partial charge in [-0.1, -0.05) is 52.9 Å². The maximum atomic E-state index is 13.6. The van der Waals surface area contributed by atoms with E-state index >= 15 is 0 Å². The van der Waals surface area contributed by atoms with Crippen LogP contribution in [-0.2, 0) is 5.75 Å². The second kappa shape index (κ2) is 7.90. The van der Waals surface area contributed by atoms with Crippen molar-refractivity contribution in [1.82, 2.24) is 10.2 Å². The molecule has 0 aliphatic heterocycles. The summed E-state index contributed by atoms with van der Waals surface area (Å²) in [4.78, 5) is 12.2. The Hall–Kier alpha value is -2.03. The van der Waals surface area contributed by atoms with E-state index in [-0.39, 0.29) is 11.7 Å². The van der Waals surface area contributed by atoms with Crippen LogP contribution in [0.4, 0.5) is 13.9 Å². The first-order valence-corrected chi connectivity index (χ1v) is 9.17. The van der Waals surface area contributed by atoms with Crippen LogP contribution in [0.3, 0.4) is 0 Å². The molecule has 1 N–H and O–H groups in total. The van der Waals surface area contributed by atoms with E-state index in [2.05, 4.69) is 15.5 Å². The van der Waals surface area contributed by atoms with Crippen LogP contribution in [0.1, 0.15) is 15.9 Å². The number of hydrogen-bond donors (Lipinski definition) is 1. The van der Waals surface area contributed by atoms with Crippen molar-refractivity contribution in [3.8, 4) is 0 Å². The van der Waals surface area contributed by atoms with E-state index in [1.54, 1.807) is 24.3 Å². The van der Waals surface area contributed by atoms with Gasteiger partial charge in [0.05, 0.1) is 10.6 Å². The van der Waals surface area contributed by atoms with Crippen LogP contribution in [0.25, 0.3) is 0 Å². The molecule has 25 heavy (non-hydrogen) atoms. The lowest BCUT2D eigenvalue weighted by Crippen LogP contribution is -2.12. The highest BCUT2D eigenvalue weighted by molar-refractivity contribution is 8.00. The second-order valence-electron chi connectivity index (χ2n) is 4.83. The molecule has 4 nitrogen and oxygen atoms in total. The molecule has 3 rings (SSSR count). The number of benzene rings is 2. The van der Waals surface area contributed by atoms with E-state index < -0.39 is 11.6 Å². The Morgan fingerprint density at radius 2 is 2.00 bits per heavy atom. The van der Waals surface area contributed by atoms with Gasteiger partial charge in [-0.3, -0.25) is 10.1 Å². The lowest BCUT2D eigenvalue weighted by Gasteiger charge is -2.02. The first-order valence-electron chi connectivity index (χ1n) is 6.99. The molecular weight excluding hydrogens is 388 g/mol. The molecule has 2 aromatic carbocycles. The molecule has 0 saturated heterocycles. The second-order valence-corrected chi connectivity index (χ2v) is 7.44. The van der Waals surface area contributed by atoms with E-state index in [0.717, 1.165) is 17.4 Å². The maximum Gasteiger partial charge on any atom is 0.259 e. The van der Waals surface area contributed by atoms with Gasteiger partial charge in [0.25, 0.3) is 5.91 Å². The van der Waals surface area contributed by atoms with Crippen LogP contribution in [-0.4, -0.2) is 16.1 Å². The third kappa shape index (κ3) is 4.53. The number of carbonyl (C=O) groups excluding carboxylic acids is 1. The highest BCUT2D eigenvalue weighted by atomic mass is 35.5. The molecule has 0 bridgehead atoms. The lowest BCUT2D eigenvalue weighted by molar-refractivity contribution is 0.102. The van der Waals surface area contributed by atoms with Crippen molar-refractivity contribution < 1.29 is 13.6 Å². The topological polar surface area (TPSA) is 54.9 Å². The van der Waals surface area contributed by atoms with Gasteiger partial charge >= 0.3 is 0 Å². The molecule has 1 amide bonds. The third-order valence-corrected chi connectivity index (χ3v) is 5.46. The molecule has 128 valence electrons. The van der Waals surface area contributed by atoms with Crippen LogP contribution in [0, 0.1) is 11.6 Å². The number of thioether (sulfide) groups is 1. The normalized spacial score (nSPS) is 10.7. The number of nitrogens with zero attached hydrogens (tertiary/aromatic N) is 2. The predicted octanol–water partition coefficient (Wildman–Crippen LogP) is 5.01. The Morgan fingerprint density at radius 1 is 1.20 bits per heavy atom. The summed E-state index contributed by atoms with van der Waals surface area (Å²) in [6, 6.07) is 10.1. The fourth-order valence-corrected chi connectivity index (χ4v) is 3.86. The van der Waals surface area contributed by atoms with Crippen molar-refractivity contribution in [1.29, 1.82) is 0 Å². The highest BCUT2D eigenvalue weighted by Gasteiger charge is 2.13. The van der Waals surface area contributed by atoms with E-state index in [1.165, 1.54) is 23.9 Å². The van der Waals surface area contributed by atoms with Gasteiger partial charge in [-0.15, -0.1) is 10.2 Å². The molecule has 0 radical (unpaired) electrons. The van der Waals surface area contributed by atoms with E-state index in [4.69, 9.17) is 11.6 Å². The molecule has 0 aliphatic rings. The Morgan fingerprint density at radius 3 is 2.76 bits per heavy atom. The van der Waals surface area contributed by atoms with Crippen LogP contribution >= 0.6 is 34.7 Å². The third-order valence-electron chi connectivity index (χ3n) is 3.11.